The quantitative estimate of drug-likeness (QED) is 0.475. The van der Waals surface area contributed by atoms with Crippen LogP contribution in [0.25, 0.3) is 16.2 Å². The number of thiazole rings is 1. The fraction of sp³-hybridized carbons (Fsp3) is 0.280. The number of nitrogens with zero attached hydrogens (tertiary/aromatic N) is 4. The summed E-state index contributed by atoms with van der Waals surface area (Å²) in [5.41, 5.74) is 5.64. The number of carbonyl (C=O) groups excluding carboxylic acids is 1. The van der Waals surface area contributed by atoms with E-state index in [1.165, 1.54) is 11.1 Å². The Kier molecular flexibility index (Phi) is 5.57. The number of carbonyl (C=O) groups is 1. The molecule has 1 aliphatic rings. The van der Waals surface area contributed by atoms with Gasteiger partial charge in [0, 0.05) is 55.6 Å². The molecule has 0 atom stereocenters. The van der Waals surface area contributed by atoms with Crippen LogP contribution in [0.4, 0.5) is 0 Å². The van der Waals surface area contributed by atoms with Crippen molar-refractivity contribution in [3.05, 3.63) is 83.0 Å². The molecule has 0 bridgehead atoms. The minimum absolute atomic E-state index is 0.199. The number of piperazine rings is 1. The van der Waals surface area contributed by atoms with E-state index in [1.807, 2.05) is 11.0 Å². The van der Waals surface area contributed by atoms with Crippen molar-refractivity contribution >= 4 is 22.2 Å². The first-order valence-electron chi connectivity index (χ1n) is 10.7. The first kappa shape index (κ1) is 20.0. The van der Waals surface area contributed by atoms with Crippen LogP contribution in [0.2, 0.25) is 0 Å². The molecule has 5 rings (SSSR count). The van der Waals surface area contributed by atoms with E-state index in [-0.39, 0.29) is 5.91 Å². The third-order valence-electron chi connectivity index (χ3n) is 5.94. The molecular formula is C25H26N4OS. The van der Waals surface area contributed by atoms with Gasteiger partial charge in [-0.15, -0.1) is 11.3 Å². The Bertz CT molecular complexity index is 1170. The van der Waals surface area contributed by atoms with Crippen LogP contribution in [-0.2, 0) is 17.8 Å². The molecular weight excluding hydrogens is 404 g/mol. The highest BCUT2D eigenvalue weighted by molar-refractivity contribution is 7.15. The molecule has 1 aliphatic heterocycles. The minimum Gasteiger partial charge on any atom is -0.340 e. The predicted octanol–water partition coefficient (Wildman–Crippen LogP) is 4.26. The highest BCUT2D eigenvalue weighted by Gasteiger charge is 2.22. The molecule has 4 aromatic rings. The molecule has 2 aromatic heterocycles. The maximum absolute atomic E-state index is 13.0. The number of aromatic nitrogens is 2. The summed E-state index contributed by atoms with van der Waals surface area (Å²) in [6, 6.07) is 18.9. The Morgan fingerprint density at radius 2 is 1.74 bits per heavy atom. The van der Waals surface area contributed by atoms with Crippen LogP contribution in [0.1, 0.15) is 16.8 Å². The highest BCUT2D eigenvalue weighted by atomic mass is 32.1. The normalized spacial score (nSPS) is 14.9. The van der Waals surface area contributed by atoms with E-state index in [0.717, 1.165) is 54.6 Å². The SMILES string of the molecule is Cc1ccc(-c2cn3c(CC(=O)N4CCN(Cc5ccccc5)CC4)csc3n2)cc1. The van der Waals surface area contributed by atoms with Gasteiger partial charge >= 0.3 is 0 Å². The Morgan fingerprint density at radius 1 is 1.00 bits per heavy atom. The summed E-state index contributed by atoms with van der Waals surface area (Å²) in [6.45, 7) is 6.45. The molecule has 6 heteroatoms. The van der Waals surface area contributed by atoms with Crippen molar-refractivity contribution in [2.75, 3.05) is 26.2 Å². The maximum atomic E-state index is 13.0. The maximum Gasteiger partial charge on any atom is 0.228 e. The van der Waals surface area contributed by atoms with Gasteiger partial charge in [0.15, 0.2) is 4.96 Å². The van der Waals surface area contributed by atoms with Gasteiger partial charge in [0.25, 0.3) is 0 Å². The first-order chi connectivity index (χ1) is 15.2. The fourth-order valence-corrected chi connectivity index (χ4v) is 4.96. The summed E-state index contributed by atoms with van der Waals surface area (Å²) in [7, 11) is 0. The number of benzene rings is 2. The largest absolute Gasteiger partial charge is 0.340 e. The van der Waals surface area contributed by atoms with Crippen LogP contribution in [-0.4, -0.2) is 51.3 Å². The summed E-state index contributed by atoms with van der Waals surface area (Å²) in [5.74, 6) is 0.199. The van der Waals surface area contributed by atoms with Gasteiger partial charge in [0.2, 0.25) is 5.91 Å². The number of imidazole rings is 1. The fourth-order valence-electron chi connectivity index (χ4n) is 4.08. The molecule has 0 aliphatic carbocycles. The summed E-state index contributed by atoms with van der Waals surface area (Å²) in [5, 5.41) is 2.06. The van der Waals surface area contributed by atoms with Crippen LogP contribution in [0, 0.1) is 6.92 Å². The smallest absolute Gasteiger partial charge is 0.228 e. The molecule has 1 saturated heterocycles. The number of rotatable bonds is 5. The average molecular weight is 431 g/mol. The predicted molar refractivity (Wildman–Crippen MR) is 125 cm³/mol. The Balaban J connectivity index is 1.22. The van der Waals surface area contributed by atoms with Crippen molar-refractivity contribution in [2.45, 2.75) is 19.9 Å². The molecule has 0 N–H and O–H groups in total. The molecule has 31 heavy (non-hydrogen) atoms. The van der Waals surface area contributed by atoms with Crippen LogP contribution in [0.3, 0.4) is 0 Å². The second kappa shape index (κ2) is 8.65. The zero-order chi connectivity index (χ0) is 21.2. The molecule has 5 nitrogen and oxygen atoms in total. The zero-order valence-electron chi connectivity index (χ0n) is 17.7. The lowest BCUT2D eigenvalue weighted by molar-refractivity contribution is -0.132. The number of aryl methyl sites for hydroxylation is 1. The van der Waals surface area contributed by atoms with Gasteiger partial charge in [-0.3, -0.25) is 14.1 Å². The van der Waals surface area contributed by atoms with Gasteiger partial charge in [0.05, 0.1) is 12.1 Å². The molecule has 0 spiro atoms. The van der Waals surface area contributed by atoms with Gasteiger partial charge in [-0.1, -0.05) is 60.2 Å². The van der Waals surface area contributed by atoms with Crippen LogP contribution >= 0.6 is 11.3 Å². The topological polar surface area (TPSA) is 40.9 Å². The third-order valence-corrected chi connectivity index (χ3v) is 6.83. The Morgan fingerprint density at radius 3 is 2.48 bits per heavy atom. The minimum atomic E-state index is 0.199. The van der Waals surface area contributed by atoms with Crippen molar-refractivity contribution in [2.24, 2.45) is 0 Å². The second-order valence-corrected chi connectivity index (χ2v) is 9.03. The van der Waals surface area contributed by atoms with Crippen molar-refractivity contribution < 1.29 is 4.79 Å². The molecule has 1 amide bonds. The van der Waals surface area contributed by atoms with Gasteiger partial charge in [0.1, 0.15) is 0 Å². The molecule has 1 fully saturated rings. The summed E-state index contributed by atoms with van der Waals surface area (Å²) >= 11 is 1.60. The van der Waals surface area contributed by atoms with E-state index < -0.39 is 0 Å². The van der Waals surface area contributed by atoms with Crippen molar-refractivity contribution in [1.29, 1.82) is 0 Å². The van der Waals surface area contributed by atoms with Gasteiger partial charge in [-0.25, -0.2) is 4.98 Å². The first-order valence-corrected chi connectivity index (χ1v) is 11.6. The number of hydrogen-bond donors (Lipinski definition) is 0. The lowest BCUT2D eigenvalue weighted by Crippen LogP contribution is -2.48. The number of fused-ring (bicyclic) bond motifs is 1. The number of hydrogen-bond acceptors (Lipinski definition) is 4. The van der Waals surface area contributed by atoms with E-state index in [1.54, 1.807) is 11.3 Å². The van der Waals surface area contributed by atoms with Crippen LogP contribution in [0.5, 0.6) is 0 Å². The lowest BCUT2D eigenvalue weighted by atomic mass is 10.1. The van der Waals surface area contributed by atoms with E-state index in [9.17, 15) is 4.79 Å². The summed E-state index contributed by atoms with van der Waals surface area (Å²) in [4.78, 5) is 23.1. The second-order valence-electron chi connectivity index (χ2n) is 8.19. The summed E-state index contributed by atoms with van der Waals surface area (Å²) < 4.78 is 2.07. The molecule has 2 aromatic carbocycles. The Labute approximate surface area is 186 Å². The van der Waals surface area contributed by atoms with E-state index >= 15 is 0 Å². The lowest BCUT2D eigenvalue weighted by Gasteiger charge is -2.34. The zero-order valence-corrected chi connectivity index (χ0v) is 18.5. The third kappa shape index (κ3) is 4.40. The van der Waals surface area contributed by atoms with E-state index in [4.69, 9.17) is 4.98 Å². The van der Waals surface area contributed by atoms with Gasteiger partial charge in [-0.2, -0.15) is 0 Å². The summed E-state index contributed by atoms with van der Waals surface area (Å²) in [6.07, 6.45) is 2.47. The van der Waals surface area contributed by atoms with E-state index in [0.29, 0.717) is 6.42 Å². The molecule has 3 heterocycles. The van der Waals surface area contributed by atoms with Crippen molar-refractivity contribution in [1.82, 2.24) is 19.2 Å². The molecule has 0 saturated carbocycles. The van der Waals surface area contributed by atoms with Crippen molar-refractivity contribution in [3.8, 4) is 11.3 Å². The highest BCUT2D eigenvalue weighted by Crippen LogP contribution is 2.24. The van der Waals surface area contributed by atoms with Gasteiger partial charge in [-0.05, 0) is 12.5 Å². The van der Waals surface area contributed by atoms with Crippen LogP contribution in [0.15, 0.2) is 66.2 Å². The number of amides is 1. The Hall–Kier alpha value is -2.96. The average Bonchev–Trinajstić information content (AvgIpc) is 3.37. The monoisotopic (exact) mass is 430 g/mol. The molecule has 158 valence electrons. The van der Waals surface area contributed by atoms with Gasteiger partial charge < -0.3 is 4.90 Å². The van der Waals surface area contributed by atoms with E-state index in [2.05, 4.69) is 76.3 Å². The van der Waals surface area contributed by atoms with Crippen LogP contribution < -0.4 is 0 Å². The molecule has 0 radical (unpaired) electrons. The van der Waals surface area contributed by atoms with Crippen molar-refractivity contribution in [3.63, 3.8) is 0 Å². The standard InChI is InChI=1S/C25H26N4OS/c1-19-7-9-21(10-8-19)23-17-29-22(18-31-25(29)26-23)15-24(30)28-13-11-27(12-14-28)16-20-5-3-2-4-6-20/h2-10,17-18H,11-16H2,1H3. The molecule has 0 unspecified atom stereocenters.